The van der Waals surface area contributed by atoms with Crippen molar-refractivity contribution < 1.29 is 38.6 Å². The first-order valence-electron chi connectivity index (χ1n) is 10.9. The van der Waals surface area contributed by atoms with E-state index in [1.807, 2.05) is 0 Å². The molecule has 2 aliphatic heterocycles. The number of nitrogens with zero attached hydrogens (tertiary/aromatic N) is 1. The Morgan fingerprint density at radius 3 is 2.45 bits per heavy atom. The fourth-order valence-electron chi connectivity index (χ4n) is 4.64. The number of carboxylic acids is 1. The van der Waals surface area contributed by atoms with Gasteiger partial charge < -0.3 is 24.8 Å². The Hall–Kier alpha value is -3.43. The molecule has 2 aliphatic rings. The number of benzene rings is 1. The molecule has 0 aromatic heterocycles. The van der Waals surface area contributed by atoms with Gasteiger partial charge >= 0.3 is 17.9 Å². The Labute approximate surface area is 191 Å². The Morgan fingerprint density at radius 1 is 1.06 bits per heavy atom. The molecule has 0 spiro atoms. The van der Waals surface area contributed by atoms with E-state index in [0.29, 0.717) is 24.8 Å². The standard InChI is InChI=1S/C23H28N2O8/c1-32-23(31)21-16-8-7-15(13-17(21)33-22(30)14-5-3-2-4-6-14)25(16)19(27)11-12-24-18(26)9-10-20(28)29/h2-6,15-17,21H,7-13H2,1H3,(H,24,26)(H,28,29)/t15-,16+,17-,21+/m0/s1. The smallest absolute Gasteiger partial charge is 0.338 e. The van der Waals surface area contributed by atoms with Crippen LogP contribution >= 0.6 is 0 Å². The van der Waals surface area contributed by atoms with Gasteiger partial charge in [-0.15, -0.1) is 0 Å². The number of fused-ring (bicyclic) bond motifs is 2. The maximum absolute atomic E-state index is 12.9. The minimum Gasteiger partial charge on any atom is -0.481 e. The summed E-state index contributed by atoms with van der Waals surface area (Å²) in [5.74, 6) is -3.59. The molecule has 2 saturated heterocycles. The highest BCUT2D eigenvalue weighted by Crippen LogP contribution is 2.41. The number of ether oxygens (including phenoxy) is 2. The molecular formula is C23H28N2O8. The number of esters is 2. The zero-order chi connectivity index (χ0) is 24.0. The van der Waals surface area contributed by atoms with E-state index in [1.165, 1.54) is 7.11 Å². The molecule has 0 radical (unpaired) electrons. The van der Waals surface area contributed by atoms with Gasteiger partial charge in [-0.1, -0.05) is 18.2 Å². The summed E-state index contributed by atoms with van der Waals surface area (Å²) < 4.78 is 10.7. The Kier molecular flexibility index (Phi) is 8.02. The van der Waals surface area contributed by atoms with Gasteiger partial charge in [-0.2, -0.15) is 0 Å². The second-order valence-electron chi connectivity index (χ2n) is 8.19. The number of aliphatic carboxylic acids is 1. The third-order valence-corrected chi connectivity index (χ3v) is 6.12. The maximum atomic E-state index is 12.9. The van der Waals surface area contributed by atoms with Gasteiger partial charge in [-0.05, 0) is 25.0 Å². The number of rotatable bonds is 9. The number of amides is 2. The lowest BCUT2D eigenvalue weighted by Gasteiger charge is -2.42. The number of carbonyl (C=O) groups excluding carboxylic acids is 4. The summed E-state index contributed by atoms with van der Waals surface area (Å²) in [7, 11) is 1.26. The van der Waals surface area contributed by atoms with E-state index in [2.05, 4.69) is 5.32 Å². The molecule has 0 unspecified atom stereocenters. The summed E-state index contributed by atoms with van der Waals surface area (Å²) in [6, 6.07) is 7.85. The second-order valence-corrected chi connectivity index (χ2v) is 8.19. The Balaban J connectivity index is 1.64. The largest absolute Gasteiger partial charge is 0.481 e. The lowest BCUT2D eigenvalue weighted by atomic mass is 9.86. The summed E-state index contributed by atoms with van der Waals surface area (Å²) in [4.78, 5) is 62.0. The first-order valence-corrected chi connectivity index (χ1v) is 10.9. The van der Waals surface area contributed by atoms with E-state index in [1.54, 1.807) is 35.2 Å². The minimum atomic E-state index is -1.07. The molecule has 2 amide bonds. The summed E-state index contributed by atoms with van der Waals surface area (Å²) in [5, 5.41) is 11.2. The van der Waals surface area contributed by atoms with Gasteiger partial charge in [0.25, 0.3) is 0 Å². The molecule has 1 aromatic carbocycles. The highest BCUT2D eigenvalue weighted by molar-refractivity contribution is 5.90. The molecule has 2 fully saturated rings. The van der Waals surface area contributed by atoms with Crippen LogP contribution in [0, 0.1) is 5.92 Å². The van der Waals surface area contributed by atoms with Crippen molar-refractivity contribution in [2.24, 2.45) is 5.92 Å². The topological polar surface area (TPSA) is 139 Å². The van der Waals surface area contributed by atoms with Crippen LogP contribution in [-0.2, 0) is 28.7 Å². The quantitative estimate of drug-likeness (QED) is 0.523. The van der Waals surface area contributed by atoms with Gasteiger partial charge in [-0.3, -0.25) is 19.2 Å². The van der Waals surface area contributed by atoms with E-state index in [0.717, 1.165) is 0 Å². The monoisotopic (exact) mass is 460 g/mol. The zero-order valence-corrected chi connectivity index (χ0v) is 18.4. The first-order chi connectivity index (χ1) is 15.8. The number of methoxy groups -OCH3 is 1. The Morgan fingerprint density at radius 2 is 1.79 bits per heavy atom. The predicted molar refractivity (Wildman–Crippen MR) is 114 cm³/mol. The number of piperidine rings is 1. The van der Waals surface area contributed by atoms with Crippen molar-refractivity contribution in [3.63, 3.8) is 0 Å². The molecule has 2 heterocycles. The van der Waals surface area contributed by atoms with Gasteiger partial charge in [0.2, 0.25) is 11.8 Å². The van der Waals surface area contributed by atoms with Crippen LogP contribution in [0.3, 0.4) is 0 Å². The van der Waals surface area contributed by atoms with Crippen molar-refractivity contribution in [3.8, 4) is 0 Å². The lowest BCUT2D eigenvalue weighted by molar-refractivity contribution is -0.160. The van der Waals surface area contributed by atoms with E-state index in [-0.39, 0.29) is 37.8 Å². The van der Waals surface area contributed by atoms with Gasteiger partial charge in [0.05, 0.1) is 19.1 Å². The number of nitrogens with one attached hydrogen (secondary N) is 1. The van der Waals surface area contributed by atoms with Gasteiger partial charge in [0, 0.05) is 37.9 Å². The van der Waals surface area contributed by atoms with Gasteiger partial charge in [0.15, 0.2) is 0 Å². The second kappa shape index (κ2) is 10.9. The average Bonchev–Trinajstić information content (AvgIpc) is 3.12. The number of carbonyl (C=O) groups is 5. The fraction of sp³-hybridized carbons (Fsp3) is 0.522. The van der Waals surface area contributed by atoms with Crippen molar-refractivity contribution >= 4 is 29.7 Å². The van der Waals surface area contributed by atoms with Crippen LogP contribution in [-0.4, -0.2) is 71.6 Å². The Bertz CT molecular complexity index is 903. The zero-order valence-electron chi connectivity index (χ0n) is 18.4. The van der Waals surface area contributed by atoms with Crippen LogP contribution < -0.4 is 5.32 Å². The highest BCUT2D eigenvalue weighted by Gasteiger charge is 2.53. The minimum absolute atomic E-state index is 0.0220. The van der Waals surface area contributed by atoms with Crippen LogP contribution in [0.15, 0.2) is 30.3 Å². The van der Waals surface area contributed by atoms with Crippen LogP contribution in [0.25, 0.3) is 0 Å². The normalized spacial score (nSPS) is 23.5. The molecule has 2 bridgehead atoms. The van der Waals surface area contributed by atoms with Crippen molar-refractivity contribution in [1.82, 2.24) is 10.2 Å². The molecular weight excluding hydrogens is 432 g/mol. The van der Waals surface area contributed by atoms with Crippen molar-refractivity contribution in [2.75, 3.05) is 13.7 Å². The molecule has 4 atom stereocenters. The summed E-state index contributed by atoms with van der Waals surface area (Å²) in [6.45, 7) is 0.0720. The van der Waals surface area contributed by atoms with Gasteiger partial charge in [0.1, 0.15) is 12.0 Å². The molecule has 0 aliphatic carbocycles. The fourth-order valence-corrected chi connectivity index (χ4v) is 4.64. The van der Waals surface area contributed by atoms with Crippen LogP contribution in [0.4, 0.5) is 0 Å². The van der Waals surface area contributed by atoms with Gasteiger partial charge in [-0.25, -0.2) is 4.79 Å². The average molecular weight is 460 g/mol. The molecule has 178 valence electrons. The van der Waals surface area contributed by atoms with Crippen LogP contribution in [0.5, 0.6) is 0 Å². The molecule has 10 nitrogen and oxygen atoms in total. The molecule has 1 aromatic rings. The van der Waals surface area contributed by atoms with Crippen LogP contribution in [0.2, 0.25) is 0 Å². The van der Waals surface area contributed by atoms with Crippen LogP contribution in [0.1, 0.15) is 48.9 Å². The third kappa shape index (κ3) is 5.88. The first kappa shape index (κ1) is 24.2. The molecule has 0 saturated carbocycles. The SMILES string of the molecule is COC(=O)[C@H]1[C@@H](OC(=O)c2ccccc2)C[C@@H]2CC[C@H]1N2C(=O)CCNC(=O)CCC(=O)O. The number of carboxylic acid groups (broad SMARTS) is 1. The summed E-state index contributed by atoms with van der Waals surface area (Å²) in [5.41, 5.74) is 0.380. The lowest BCUT2D eigenvalue weighted by Crippen LogP contribution is -2.57. The maximum Gasteiger partial charge on any atom is 0.338 e. The third-order valence-electron chi connectivity index (χ3n) is 6.12. The molecule has 10 heteroatoms. The van der Waals surface area contributed by atoms with E-state index in [4.69, 9.17) is 14.6 Å². The molecule has 2 N–H and O–H groups in total. The predicted octanol–water partition coefficient (Wildman–Crippen LogP) is 1.14. The van der Waals surface area contributed by atoms with Crippen molar-refractivity contribution in [3.05, 3.63) is 35.9 Å². The summed E-state index contributed by atoms with van der Waals surface area (Å²) >= 11 is 0. The summed E-state index contributed by atoms with van der Waals surface area (Å²) in [6.07, 6.45) is 0.466. The van der Waals surface area contributed by atoms with E-state index >= 15 is 0 Å². The number of hydrogen-bond acceptors (Lipinski definition) is 7. The molecule has 3 rings (SSSR count). The van der Waals surface area contributed by atoms with Crippen molar-refractivity contribution in [1.29, 1.82) is 0 Å². The number of hydrogen-bond donors (Lipinski definition) is 2. The van der Waals surface area contributed by atoms with E-state index in [9.17, 15) is 24.0 Å². The van der Waals surface area contributed by atoms with E-state index < -0.39 is 41.9 Å². The molecule has 33 heavy (non-hydrogen) atoms. The highest BCUT2D eigenvalue weighted by atomic mass is 16.6. The van der Waals surface area contributed by atoms with Crippen molar-refractivity contribution in [2.45, 2.75) is 56.7 Å².